The summed E-state index contributed by atoms with van der Waals surface area (Å²) in [4.78, 5) is 10.4. The Kier molecular flexibility index (Phi) is 4.04. The number of hydrogen-bond donors (Lipinski definition) is 1. The van der Waals surface area contributed by atoms with E-state index in [2.05, 4.69) is 4.72 Å². The fraction of sp³-hybridized carbons (Fsp3) is 0.0833. The first kappa shape index (κ1) is 13.8. The predicted octanol–water partition coefficient (Wildman–Crippen LogP) is 2.22. The highest BCUT2D eigenvalue weighted by atomic mass is 35.5. The first-order chi connectivity index (χ1) is 9.03. The predicted molar refractivity (Wildman–Crippen MR) is 69.6 cm³/mol. The highest BCUT2D eigenvalue weighted by Crippen LogP contribution is 2.17. The third kappa shape index (κ3) is 3.23. The summed E-state index contributed by atoms with van der Waals surface area (Å²) in [7, 11) is -3.80. The first-order valence-electron chi connectivity index (χ1n) is 5.31. The molecule has 0 aliphatic heterocycles. The van der Waals surface area contributed by atoms with Crippen LogP contribution in [0.25, 0.3) is 0 Å². The Balaban J connectivity index is 2.14. The summed E-state index contributed by atoms with van der Waals surface area (Å²) in [6, 6.07) is 9.40. The van der Waals surface area contributed by atoms with Crippen molar-refractivity contribution in [2.45, 2.75) is 11.6 Å². The minimum atomic E-state index is -3.80. The lowest BCUT2D eigenvalue weighted by atomic mass is 10.2. The van der Waals surface area contributed by atoms with E-state index in [4.69, 9.17) is 16.0 Å². The van der Waals surface area contributed by atoms with Crippen LogP contribution < -0.4 is 4.72 Å². The molecule has 0 saturated heterocycles. The lowest BCUT2D eigenvalue weighted by Gasteiger charge is -2.05. The van der Waals surface area contributed by atoms with Crippen molar-refractivity contribution in [3.63, 3.8) is 0 Å². The number of carbonyl (C=O) groups excluding carboxylic acids is 1. The third-order valence-corrected chi connectivity index (χ3v) is 4.04. The second kappa shape index (κ2) is 5.56. The van der Waals surface area contributed by atoms with Crippen molar-refractivity contribution < 1.29 is 17.6 Å². The van der Waals surface area contributed by atoms with Crippen LogP contribution in [-0.2, 0) is 16.6 Å². The molecule has 0 spiro atoms. The summed E-state index contributed by atoms with van der Waals surface area (Å²) in [5, 5.41) is 0.167. The SMILES string of the molecule is O=Cc1ccc(S(=O)(=O)NCc2ccccc2Cl)o1. The van der Waals surface area contributed by atoms with Crippen molar-refractivity contribution >= 4 is 27.9 Å². The molecular formula is C12H10ClNO4S. The van der Waals surface area contributed by atoms with E-state index in [0.717, 1.165) is 0 Å². The summed E-state index contributed by atoms with van der Waals surface area (Å²) in [5.41, 5.74) is 0.648. The summed E-state index contributed by atoms with van der Waals surface area (Å²) in [6.07, 6.45) is 0.438. The number of furan rings is 1. The molecule has 1 aromatic heterocycles. The second-order valence-electron chi connectivity index (χ2n) is 3.69. The van der Waals surface area contributed by atoms with Gasteiger partial charge in [0.25, 0.3) is 10.0 Å². The van der Waals surface area contributed by atoms with Crippen molar-refractivity contribution in [3.8, 4) is 0 Å². The zero-order chi connectivity index (χ0) is 13.9. The van der Waals surface area contributed by atoms with Crippen LogP contribution in [-0.4, -0.2) is 14.7 Å². The average molecular weight is 300 g/mol. The molecule has 0 aliphatic carbocycles. The van der Waals surface area contributed by atoms with E-state index in [0.29, 0.717) is 16.9 Å². The Bertz CT molecular complexity index is 693. The molecule has 0 saturated carbocycles. The molecule has 2 aromatic rings. The Hall–Kier alpha value is -1.63. The van der Waals surface area contributed by atoms with E-state index in [9.17, 15) is 13.2 Å². The summed E-state index contributed by atoms with van der Waals surface area (Å²) in [5.74, 6) is -0.0434. The minimum absolute atomic E-state index is 0.0408. The first-order valence-corrected chi connectivity index (χ1v) is 7.17. The maximum atomic E-state index is 11.9. The molecule has 0 radical (unpaired) electrons. The van der Waals surface area contributed by atoms with Gasteiger partial charge < -0.3 is 4.42 Å². The largest absolute Gasteiger partial charge is 0.440 e. The Morgan fingerprint density at radius 3 is 2.58 bits per heavy atom. The van der Waals surface area contributed by atoms with Gasteiger partial charge in [0, 0.05) is 11.6 Å². The number of rotatable bonds is 5. The molecule has 0 fully saturated rings. The van der Waals surface area contributed by atoms with Crippen LogP contribution in [0, 0.1) is 0 Å². The van der Waals surface area contributed by atoms with Crippen LogP contribution in [0.2, 0.25) is 5.02 Å². The quantitative estimate of drug-likeness (QED) is 0.859. The number of sulfonamides is 1. The summed E-state index contributed by atoms with van der Waals surface area (Å²) >= 11 is 5.92. The van der Waals surface area contributed by atoms with Gasteiger partial charge in [-0.1, -0.05) is 29.8 Å². The molecule has 100 valence electrons. The van der Waals surface area contributed by atoms with Crippen LogP contribution in [0.4, 0.5) is 0 Å². The van der Waals surface area contributed by atoms with Gasteiger partial charge in [-0.15, -0.1) is 0 Å². The fourth-order valence-corrected chi connectivity index (χ4v) is 2.57. The van der Waals surface area contributed by atoms with Gasteiger partial charge in [0.1, 0.15) is 0 Å². The number of benzene rings is 1. The monoisotopic (exact) mass is 299 g/mol. The molecule has 0 unspecified atom stereocenters. The van der Waals surface area contributed by atoms with Gasteiger partial charge >= 0.3 is 0 Å². The summed E-state index contributed by atoms with van der Waals surface area (Å²) in [6.45, 7) is 0.0408. The molecule has 1 N–H and O–H groups in total. The Labute approximate surface area is 115 Å². The average Bonchev–Trinajstić information content (AvgIpc) is 2.87. The highest BCUT2D eigenvalue weighted by molar-refractivity contribution is 7.89. The van der Waals surface area contributed by atoms with Crippen molar-refractivity contribution in [2.24, 2.45) is 0 Å². The van der Waals surface area contributed by atoms with E-state index in [1.165, 1.54) is 12.1 Å². The number of nitrogens with one attached hydrogen (secondary N) is 1. The molecule has 19 heavy (non-hydrogen) atoms. The molecule has 0 atom stereocenters. The van der Waals surface area contributed by atoms with Crippen LogP contribution in [0.15, 0.2) is 45.9 Å². The molecule has 7 heteroatoms. The number of halogens is 1. The van der Waals surface area contributed by atoms with Gasteiger partial charge in [0.05, 0.1) is 0 Å². The molecule has 1 heterocycles. The smallest absolute Gasteiger partial charge is 0.274 e. The van der Waals surface area contributed by atoms with E-state index >= 15 is 0 Å². The number of carbonyl (C=O) groups is 1. The van der Waals surface area contributed by atoms with Gasteiger partial charge in [-0.2, -0.15) is 0 Å². The van der Waals surface area contributed by atoms with E-state index < -0.39 is 10.0 Å². The van der Waals surface area contributed by atoms with Crippen LogP contribution >= 0.6 is 11.6 Å². The molecule has 2 rings (SSSR count). The van der Waals surface area contributed by atoms with Gasteiger partial charge in [0.15, 0.2) is 12.0 Å². The maximum absolute atomic E-state index is 11.9. The van der Waals surface area contributed by atoms with Crippen molar-refractivity contribution in [1.82, 2.24) is 4.72 Å². The molecular weight excluding hydrogens is 290 g/mol. The van der Waals surface area contributed by atoms with Gasteiger partial charge in [-0.05, 0) is 23.8 Å². The molecule has 1 aromatic carbocycles. The van der Waals surface area contributed by atoms with E-state index in [-0.39, 0.29) is 17.4 Å². The number of aldehydes is 1. The van der Waals surface area contributed by atoms with E-state index in [1.807, 2.05) is 0 Å². The Morgan fingerprint density at radius 1 is 1.21 bits per heavy atom. The second-order valence-corrected chi connectivity index (χ2v) is 5.80. The number of hydrogen-bond acceptors (Lipinski definition) is 4. The molecule has 0 aliphatic rings. The highest BCUT2D eigenvalue weighted by Gasteiger charge is 2.18. The zero-order valence-electron chi connectivity index (χ0n) is 9.67. The van der Waals surface area contributed by atoms with Gasteiger partial charge in [-0.25, -0.2) is 13.1 Å². The Morgan fingerprint density at radius 2 is 1.95 bits per heavy atom. The van der Waals surface area contributed by atoms with Gasteiger partial charge in [0.2, 0.25) is 5.09 Å². The van der Waals surface area contributed by atoms with Crippen molar-refractivity contribution in [1.29, 1.82) is 0 Å². The maximum Gasteiger partial charge on any atom is 0.274 e. The molecule has 0 amide bonds. The van der Waals surface area contributed by atoms with Crippen LogP contribution in [0.5, 0.6) is 0 Å². The van der Waals surface area contributed by atoms with Crippen molar-refractivity contribution in [2.75, 3.05) is 0 Å². The zero-order valence-corrected chi connectivity index (χ0v) is 11.2. The third-order valence-electron chi connectivity index (χ3n) is 2.39. The molecule has 5 nitrogen and oxygen atoms in total. The van der Waals surface area contributed by atoms with E-state index in [1.54, 1.807) is 24.3 Å². The standard InChI is InChI=1S/C12H10ClNO4S/c13-11-4-2-1-3-9(11)7-14-19(16,17)12-6-5-10(8-15)18-12/h1-6,8,14H,7H2. The van der Waals surface area contributed by atoms with Crippen LogP contribution in [0.1, 0.15) is 16.1 Å². The summed E-state index contributed by atoms with van der Waals surface area (Å²) < 4.78 is 31.0. The minimum Gasteiger partial charge on any atom is -0.440 e. The normalized spacial score (nSPS) is 11.4. The lowest BCUT2D eigenvalue weighted by molar-refractivity contribution is 0.109. The molecule has 0 bridgehead atoms. The van der Waals surface area contributed by atoms with Crippen molar-refractivity contribution in [3.05, 3.63) is 52.7 Å². The lowest BCUT2D eigenvalue weighted by Crippen LogP contribution is -2.22. The van der Waals surface area contributed by atoms with Gasteiger partial charge in [-0.3, -0.25) is 4.79 Å². The fourth-order valence-electron chi connectivity index (χ4n) is 1.43. The topological polar surface area (TPSA) is 76.4 Å². The van der Waals surface area contributed by atoms with Crippen LogP contribution in [0.3, 0.4) is 0 Å².